The van der Waals surface area contributed by atoms with Crippen LogP contribution in [0.5, 0.6) is 0 Å². The van der Waals surface area contributed by atoms with Gasteiger partial charge in [0.05, 0.1) is 12.1 Å². The number of nitrogens with zero attached hydrogens (tertiary/aromatic N) is 2. The first-order valence-corrected chi connectivity index (χ1v) is 8.03. The van der Waals surface area contributed by atoms with Gasteiger partial charge in [-0.2, -0.15) is 0 Å². The Balaban J connectivity index is 2.64. The van der Waals surface area contributed by atoms with Crippen LogP contribution in [0.25, 0.3) is 0 Å². The molecule has 0 bridgehead atoms. The summed E-state index contributed by atoms with van der Waals surface area (Å²) in [4.78, 5) is 27.9. The van der Waals surface area contributed by atoms with Crippen molar-refractivity contribution in [1.82, 2.24) is 9.80 Å². The third-order valence-electron chi connectivity index (χ3n) is 3.87. The number of carbonyl (C=O) groups excluding carboxylic acids is 2. The molecule has 0 spiro atoms. The van der Waals surface area contributed by atoms with E-state index >= 15 is 0 Å². The number of hydrogen-bond donors (Lipinski definition) is 1. The Morgan fingerprint density at radius 1 is 1.36 bits per heavy atom. The van der Waals surface area contributed by atoms with Gasteiger partial charge in [0.15, 0.2) is 0 Å². The highest BCUT2D eigenvalue weighted by atomic mass is 16.6. The summed E-state index contributed by atoms with van der Waals surface area (Å²) in [6, 6.07) is -0.496. The zero-order chi connectivity index (χ0) is 17.1. The number of carbonyl (C=O) groups is 2. The molecule has 6 heteroatoms. The zero-order valence-electron chi connectivity index (χ0n) is 14.8. The first-order valence-electron chi connectivity index (χ1n) is 8.03. The quantitative estimate of drug-likeness (QED) is 0.859. The Hall–Kier alpha value is -1.30. The van der Waals surface area contributed by atoms with Gasteiger partial charge in [0.2, 0.25) is 5.91 Å². The van der Waals surface area contributed by atoms with Crippen molar-refractivity contribution < 1.29 is 14.3 Å². The molecule has 0 aromatic rings. The summed E-state index contributed by atoms with van der Waals surface area (Å²) in [6.45, 7) is 10.6. The molecule has 1 saturated heterocycles. The predicted molar refractivity (Wildman–Crippen MR) is 86.4 cm³/mol. The number of ether oxygens (including phenoxy) is 1. The fraction of sp³-hybridized carbons (Fsp3) is 0.875. The van der Waals surface area contributed by atoms with E-state index in [4.69, 9.17) is 10.5 Å². The number of hydrogen-bond acceptors (Lipinski definition) is 4. The summed E-state index contributed by atoms with van der Waals surface area (Å²) in [7, 11) is 1.75. The van der Waals surface area contributed by atoms with Gasteiger partial charge < -0.3 is 20.3 Å². The number of nitrogens with two attached hydrogens (primary N) is 1. The summed E-state index contributed by atoms with van der Waals surface area (Å²) in [5.41, 5.74) is 5.41. The monoisotopic (exact) mass is 313 g/mol. The lowest BCUT2D eigenvalue weighted by molar-refractivity contribution is -0.132. The maximum Gasteiger partial charge on any atom is 0.410 e. The molecule has 1 heterocycles. The van der Waals surface area contributed by atoms with Crippen molar-refractivity contribution in [3.63, 3.8) is 0 Å². The van der Waals surface area contributed by atoms with Crippen molar-refractivity contribution in [3.8, 4) is 0 Å². The number of amides is 2. The van der Waals surface area contributed by atoms with Crippen molar-refractivity contribution in [1.29, 1.82) is 0 Å². The van der Waals surface area contributed by atoms with Gasteiger partial charge >= 0.3 is 6.09 Å². The lowest BCUT2D eigenvalue weighted by Gasteiger charge is -2.32. The van der Waals surface area contributed by atoms with E-state index in [1.54, 1.807) is 16.8 Å². The molecule has 2 N–H and O–H groups in total. The fourth-order valence-electron chi connectivity index (χ4n) is 2.53. The van der Waals surface area contributed by atoms with E-state index < -0.39 is 11.6 Å². The maximum atomic E-state index is 12.2. The molecule has 0 radical (unpaired) electrons. The second kappa shape index (κ2) is 7.31. The number of likely N-dealkylation sites (tertiary alicyclic amines) is 1. The van der Waals surface area contributed by atoms with Crippen LogP contribution in [0.1, 0.15) is 47.5 Å². The third-order valence-corrected chi connectivity index (χ3v) is 3.87. The van der Waals surface area contributed by atoms with E-state index in [0.29, 0.717) is 13.1 Å². The summed E-state index contributed by atoms with van der Waals surface area (Å²) in [5.74, 6) is 0.0199. The molecule has 1 rings (SSSR count). The molecule has 1 aliphatic heterocycles. The minimum atomic E-state index is -0.508. The Kier molecular flexibility index (Phi) is 6.23. The lowest BCUT2D eigenvalue weighted by atomic mass is 10.0. The van der Waals surface area contributed by atoms with Crippen LogP contribution in [0.15, 0.2) is 0 Å². The molecule has 0 aliphatic carbocycles. The second-order valence-corrected chi connectivity index (χ2v) is 7.46. The van der Waals surface area contributed by atoms with Gasteiger partial charge in [0, 0.05) is 20.1 Å². The standard InChI is InChI=1S/C16H31N3O3/c1-11(2)13(17)14(20)18(6)10-12-8-7-9-19(12)15(21)22-16(3,4)5/h11-13H,7-10,17H2,1-6H3. The highest BCUT2D eigenvalue weighted by Gasteiger charge is 2.34. The minimum absolute atomic E-state index is 0.00293. The Morgan fingerprint density at radius 3 is 2.45 bits per heavy atom. The average molecular weight is 313 g/mol. The topological polar surface area (TPSA) is 75.9 Å². The van der Waals surface area contributed by atoms with E-state index in [1.807, 2.05) is 34.6 Å². The molecule has 2 atom stereocenters. The van der Waals surface area contributed by atoms with Crippen molar-refractivity contribution in [2.24, 2.45) is 11.7 Å². The fourth-order valence-corrected chi connectivity index (χ4v) is 2.53. The SMILES string of the molecule is CC(C)C(N)C(=O)N(C)CC1CCCN1C(=O)OC(C)(C)C. The lowest BCUT2D eigenvalue weighted by Crippen LogP contribution is -2.50. The van der Waals surface area contributed by atoms with E-state index in [9.17, 15) is 9.59 Å². The number of rotatable bonds is 4. The zero-order valence-corrected chi connectivity index (χ0v) is 14.8. The molecule has 128 valence electrons. The molecule has 6 nitrogen and oxygen atoms in total. The molecule has 2 unspecified atom stereocenters. The molecule has 1 fully saturated rings. The van der Waals surface area contributed by atoms with Gasteiger partial charge in [0.25, 0.3) is 0 Å². The van der Waals surface area contributed by atoms with Crippen LogP contribution in [0.4, 0.5) is 4.79 Å². The van der Waals surface area contributed by atoms with Crippen LogP contribution in [0, 0.1) is 5.92 Å². The van der Waals surface area contributed by atoms with Crippen molar-refractivity contribution >= 4 is 12.0 Å². The van der Waals surface area contributed by atoms with E-state index in [-0.39, 0.29) is 24.0 Å². The van der Waals surface area contributed by atoms with Crippen LogP contribution in [0.2, 0.25) is 0 Å². The summed E-state index contributed by atoms with van der Waals surface area (Å²) >= 11 is 0. The van der Waals surface area contributed by atoms with E-state index in [2.05, 4.69) is 0 Å². The van der Waals surface area contributed by atoms with Gasteiger partial charge in [-0.05, 0) is 39.5 Å². The molecule has 0 aromatic carbocycles. The van der Waals surface area contributed by atoms with Gasteiger partial charge in [0.1, 0.15) is 5.60 Å². The average Bonchev–Trinajstić information content (AvgIpc) is 2.82. The predicted octanol–water partition coefficient (Wildman–Crippen LogP) is 1.83. The smallest absolute Gasteiger partial charge is 0.410 e. The molecule has 22 heavy (non-hydrogen) atoms. The molecule has 0 saturated carbocycles. The molecule has 0 aromatic heterocycles. The maximum absolute atomic E-state index is 12.2. The van der Waals surface area contributed by atoms with Gasteiger partial charge in [-0.1, -0.05) is 13.8 Å². The summed E-state index contributed by atoms with van der Waals surface area (Å²) in [5, 5.41) is 0. The first kappa shape index (κ1) is 18.7. The second-order valence-electron chi connectivity index (χ2n) is 7.46. The molecular formula is C16H31N3O3. The Labute approximate surface area is 134 Å². The van der Waals surface area contributed by atoms with Gasteiger partial charge in [-0.3, -0.25) is 4.79 Å². The van der Waals surface area contributed by atoms with Crippen molar-refractivity contribution in [2.45, 2.75) is 65.1 Å². The van der Waals surface area contributed by atoms with E-state index in [1.165, 1.54) is 0 Å². The van der Waals surface area contributed by atoms with Crippen LogP contribution in [0.3, 0.4) is 0 Å². The van der Waals surface area contributed by atoms with Crippen LogP contribution in [-0.2, 0) is 9.53 Å². The third kappa shape index (κ3) is 5.16. The molecule has 2 amide bonds. The largest absolute Gasteiger partial charge is 0.444 e. The molecular weight excluding hydrogens is 282 g/mol. The highest BCUT2D eigenvalue weighted by molar-refractivity contribution is 5.81. The minimum Gasteiger partial charge on any atom is -0.444 e. The first-order chi connectivity index (χ1) is 10.0. The van der Waals surface area contributed by atoms with Gasteiger partial charge in [-0.25, -0.2) is 4.79 Å². The van der Waals surface area contributed by atoms with Crippen LogP contribution >= 0.6 is 0 Å². The van der Waals surface area contributed by atoms with Gasteiger partial charge in [-0.15, -0.1) is 0 Å². The summed E-state index contributed by atoms with van der Waals surface area (Å²) in [6.07, 6.45) is 1.51. The van der Waals surface area contributed by atoms with Crippen molar-refractivity contribution in [3.05, 3.63) is 0 Å². The highest BCUT2D eigenvalue weighted by Crippen LogP contribution is 2.21. The normalized spacial score (nSPS) is 20.2. The van der Waals surface area contributed by atoms with E-state index in [0.717, 1.165) is 12.8 Å². The van der Waals surface area contributed by atoms with Crippen LogP contribution < -0.4 is 5.73 Å². The summed E-state index contributed by atoms with van der Waals surface area (Å²) < 4.78 is 5.44. The number of likely N-dealkylation sites (N-methyl/N-ethyl adjacent to an activating group) is 1. The molecule has 1 aliphatic rings. The Bertz CT molecular complexity index is 404. The van der Waals surface area contributed by atoms with Crippen molar-refractivity contribution in [2.75, 3.05) is 20.1 Å². The van der Waals surface area contributed by atoms with Crippen LogP contribution in [-0.4, -0.2) is 59.6 Å². The Morgan fingerprint density at radius 2 is 1.95 bits per heavy atom.